The van der Waals surface area contributed by atoms with Gasteiger partial charge in [-0.15, -0.1) is 0 Å². The van der Waals surface area contributed by atoms with Gasteiger partial charge in [-0.25, -0.2) is 0 Å². The van der Waals surface area contributed by atoms with E-state index in [1.54, 1.807) is 18.3 Å². The van der Waals surface area contributed by atoms with Gasteiger partial charge in [-0.3, -0.25) is 4.98 Å². The second kappa shape index (κ2) is 4.64. The number of aliphatic hydroxyl groups is 1. The molecule has 0 fully saturated rings. The van der Waals surface area contributed by atoms with Crippen LogP contribution in [0.25, 0.3) is 0 Å². The molecule has 0 bridgehead atoms. The molecule has 0 unspecified atom stereocenters. The molecule has 1 atom stereocenters. The second-order valence-corrected chi connectivity index (χ2v) is 4.07. The molecule has 1 aromatic heterocycles. The zero-order valence-corrected chi connectivity index (χ0v) is 9.65. The first kappa shape index (κ1) is 11.1. The first-order valence-electron chi connectivity index (χ1n) is 5.03. The quantitative estimate of drug-likeness (QED) is 0.865. The number of nitrogens with zero attached hydrogens (tertiary/aromatic N) is 1. The second-order valence-electron chi connectivity index (χ2n) is 3.67. The molecular weight excluding hydrogens is 222 g/mol. The Bertz CT molecular complexity index is 485. The van der Waals surface area contributed by atoms with Crippen LogP contribution in [0.1, 0.15) is 22.9 Å². The highest BCUT2D eigenvalue weighted by atomic mass is 35.5. The van der Waals surface area contributed by atoms with E-state index in [-0.39, 0.29) is 0 Å². The van der Waals surface area contributed by atoms with E-state index in [1.807, 2.05) is 31.2 Å². The predicted octanol–water partition coefficient (Wildman–Crippen LogP) is 3.13. The Kier molecular flexibility index (Phi) is 3.22. The van der Waals surface area contributed by atoms with Crippen LogP contribution in [-0.2, 0) is 0 Å². The Morgan fingerprint density at radius 3 is 2.69 bits per heavy atom. The highest BCUT2D eigenvalue weighted by molar-refractivity contribution is 6.31. The number of pyridine rings is 1. The van der Waals surface area contributed by atoms with Gasteiger partial charge in [0.2, 0.25) is 0 Å². The van der Waals surface area contributed by atoms with Gasteiger partial charge in [0, 0.05) is 11.2 Å². The molecule has 0 aliphatic rings. The summed E-state index contributed by atoms with van der Waals surface area (Å²) in [7, 11) is 0. The normalized spacial score (nSPS) is 12.4. The van der Waals surface area contributed by atoms with E-state index < -0.39 is 6.10 Å². The van der Waals surface area contributed by atoms with Crippen LogP contribution in [0.15, 0.2) is 42.6 Å². The summed E-state index contributed by atoms with van der Waals surface area (Å²) < 4.78 is 0. The third-order valence-corrected chi connectivity index (χ3v) is 2.89. The van der Waals surface area contributed by atoms with E-state index >= 15 is 0 Å². The van der Waals surface area contributed by atoms with Gasteiger partial charge in [-0.05, 0) is 36.2 Å². The molecule has 0 spiro atoms. The molecule has 0 saturated heterocycles. The Morgan fingerprint density at radius 2 is 2.06 bits per heavy atom. The number of benzene rings is 1. The van der Waals surface area contributed by atoms with Crippen LogP contribution in [0.3, 0.4) is 0 Å². The number of halogens is 1. The molecule has 3 heteroatoms. The molecular formula is C13H12ClNO. The monoisotopic (exact) mass is 233 g/mol. The number of aryl methyl sites for hydroxylation is 1. The van der Waals surface area contributed by atoms with Gasteiger partial charge in [0.25, 0.3) is 0 Å². The summed E-state index contributed by atoms with van der Waals surface area (Å²) >= 11 is 5.93. The molecule has 1 aromatic carbocycles. The minimum Gasteiger partial charge on any atom is -0.382 e. The predicted molar refractivity (Wildman–Crippen MR) is 64.5 cm³/mol. The first-order chi connectivity index (χ1) is 7.68. The zero-order valence-electron chi connectivity index (χ0n) is 8.89. The number of aliphatic hydroxyl groups excluding tert-OH is 1. The van der Waals surface area contributed by atoms with Gasteiger partial charge in [-0.2, -0.15) is 0 Å². The van der Waals surface area contributed by atoms with Crippen molar-refractivity contribution in [3.8, 4) is 0 Å². The van der Waals surface area contributed by atoms with E-state index in [9.17, 15) is 5.11 Å². The maximum Gasteiger partial charge on any atom is 0.121 e. The standard InChI is InChI=1S/C13H12ClNO/c1-9-8-10(5-6-11(9)14)13(16)12-4-2-3-7-15-12/h2-8,13,16H,1H3/t13-/m1/s1. The van der Waals surface area contributed by atoms with E-state index in [4.69, 9.17) is 11.6 Å². The molecule has 0 aliphatic carbocycles. The Labute approximate surface area is 99.5 Å². The molecule has 0 saturated carbocycles. The van der Waals surface area contributed by atoms with E-state index in [0.29, 0.717) is 10.7 Å². The van der Waals surface area contributed by atoms with Crippen molar-refractivity contribution in [1.82, 2.24) is 4.98 Å². The zero-order chi connectivity index (χ0) is 11.5. The molecule has 1 N–H and O–H groups in total. The Morgan fingerprint density at radius 1 is 1.25 bits per heavy atom. The smallest absolute Gasteiger partial charge is 0.121 e. The van der Waals surface area contributed by atoms with Crippen molar-refractivity contribution in [2.75, 3.05) is 0 Å². The molecule has 82 valence electrons. The summed E-state index contributed by atoms with van der Waals surface area (Å²) in [6, 6.07) is 11.0. The summed E-state index contributed by atoms with van der Waals surface area (Å²) in [5.41, 5.74) is 2.40. The molecule has 0 amide bonds. The number of hydrogen-bond acceptors (Lipinski definition) is 2. The van der Waals surface area contributed by atoms with Crippen LogP contribution in [-0.4, -0.2) is 10.1 Å². The van der Waals surface area contributed by atoms with Gasteiger partial charge < -0.3 is 5.11 Å². The van der Waals surface area contributed by atoms with Crippen molar-refractivity contribution in [2.24, 2.45) is 0 Å². The molecule has 16 heavy (non-hydrogen) atoms. The molecule has 2 rings (SSSR count). The van der Waals surface area contributed by atoms with Crippen LogP contribution in [0.2, 0.25) is 5.02 Å². The largest absolute Gasteiger partial charge is 0.382 e. The third-order valence-electron chi connectivity index (χ3n) is 2.47. The summed E-state index contributed by atoms with van der Waals surface area (Å²) in [5, 5.41) is 10.8. The third kappa shape index (κ3) is 2.23. The van der Waals surface area contributed by atoms with Crippen molar-refractivity contribution in [3.63, 3.8) is 0 Å². The topological polar surface area (TPSA) is 33.1 Å². The maximum atomic E-state index is 10.1. The van der Waals surface area contributed by atoms with Gasteiger partial charge in [0.1, 0.15) is 6.10 Å². The van der Waals surface area contributed by atoms with E-state index in [2.05, 4.69) is 4.98 Å². The highest BCUT2D eigenvalue weighted by Gasteiger charge is 2.11. The van der Waals surface area contributed by atoms with Crippen LogP contribution >= 0.6 is 11.6 Å². The van der Waals surface area contributed by atoms with Gasteiger partial charge in [0.05, 0.1) is 5.69 Å². The SMILES string of the molecule is Cc1cc([C@@H](O)c2ccccn2)ccc1Cl. The van der Waals surface area contributed by atoms with E-state index in [0.717, 1.165) is 11.1 Å². The lowest BCUT2D eigenvalue weighted by Crippen LogP contribution is -2.02. The Balaban J connectivity index is 2.34. The summed E-state index contributed by atoms with van der Waals surface area (Å²) in [6.07, 6.45) is 0.971. The van der Waals surface area contributed by atoms with Crippen molar-refractivity contribution in [1.29, 1.82) is 0 Å². The van der Waals surface area contributed by atoms with Gasteiger partial charge in [0.15, 0.2) is 0 Å². The van der Waals surface area contributed by atoms with Crippen LogP contribution < -0.4 is 0 Å². The van der Waals surface area contributed by atoms with Crippen molar-refractivity contribution >= 4 is 11.6 Å². The minimum atomic E-state index is -0.697. The average Bonchev–Trinajstić information content (AvgIpc) is 2.33. The van der Waals surface area contributed by atoms with Crippen LogP contribution in [0.5, 0.6) is 0 Å². The fourth-order valence-corrected chi connectivity index (χ4v) is 1.66. The van der Waals surface area contributed by atoms with Crippen molar-refractivity contribution in [2.45, 2.75) is 13.0 Å². The fourth-order valence-electron chi connectivity index (χ4n) is 1.55. The lowest BCUT2D eigenvalue weighted by atomic mass is 10.0. The van der Waals surface area contributed by atoms with Crippen molar-refractivity contribution in [3.05, 3.63) is 64.4 Å². The molecule has 2 aromatic rings. The molecule has 2 nitrogen and oxygen atoms in total. The molecule has 0 aliphatic heterocycles. The average molecular weight is 234 g/mol. The van der Waals surface area contributed by atoms with Gasteiger partial charge in [-0.1, -0.05) is 29.8 Å². The lowest BCUT2D eigenvalue weighted by Gasteiger charge is -2.11. The van der Waals surface area contributed by atoms with Crippen molar-refractivity contribution < 1.29 is 5.11 Å². The highest BCUT2D eigenvalue weighted by Crippen LogP contribution is 2.24. The molecule has 0 radical (unpaired) electrons. The van der Waals surface area contributed by atoms with Crippen LogP contribution in [0.4, 0.5) is 0 Å². The van der Waals surface area contributed by atoms with Crippen LogP contribution in [0, 0.1) is 6.92 Å². The number of hydrogen-bond donors (Lipinski definition) is 1. The summed E-state index contributed by atoms with van der Waals surface area (Å²) in [5.74, 6) is 0. The number of rotatable bonds is 2. The summed E-state index contributed by atoms with van der Waals surface area (Å²) in [6.45, 7) is 1.91. The summed E-state index contributed by atoms with van der Waals surface area (Å²) in [4.78, 5) is 4.12. The minimum absolute atomic E-state index is 0.643. The lowest BCUT2D eigenvalue weighted by molar-refractivity contribution is 0.215. The van der Waals surface area contributed by atoms with E-state index in [1.165, 1.54) is 0 Å². The Hall–Kier alpha value is -1.38. The first-order valence-corrected chi connectivity index (χ1v) is 5.41. The maximum absolute atomic E-state index is 10.1. The van der Waals surface area contributed by atoms with Gasteiger partial charge >= 0.3 is 0 Å². The number of aromatic nitrogens is 1. The molecule has 1 heterocycles. The fraction of sp³-hybridized carbons (Fsp3) is 0.154.